The van der Waals surface area contributed by atoms with Gasteiger partial charge in [-0.3, -0.25) is 0 Å². The second-order valence-electron chi connectivity index (χ2n) is 3.99. The zero-order valence-corrected chi connectivity index (χ0v) is 10.3. The molecule has 0 saturated heterocycles. The van der Waals surface area contributed by atoms with Gasteiger partial charge in [0.05, 0.1) is 6.61 Å². The first-order chi connectivity index (χ1) is 8.79. The minimum absolute atomic E-state index is 0.0417. The number of hydrogen-bond acceptors (Lipinski definition) is 3. The highest BCUT2D eigenvalue weighted by Crippen LogP contribution is 2.21. The fraction of sp³-hybridized carbons (Fsp3) is 0.500. The van der Waals surface area contributed by atoms with Crippen LogP contribution in [0.2, 0.25) is 0 Å². The van der Waals surface area contributed by atoms with Crippen LogP contribution in [0.3, 0.4) is 0 Å². The predicted octanol–water partition coefficient (Wildman–Crippen LogP) is 2.80. The molecule has 0 bridgehead atoms. The highest BCUT2D eigenvalue weighted by Gasteiger charge is 2.27. The molecule has 7 heteroatoms. The van der Waals surface area contributed by atoms with Crippen LogP contribution in [0.15, 0.2) is 18.2 Å². The first-order valence-corrected chi connectivity index (χ1v) is 5.62. The van der Waals surface area contributed by atoms with Crippen LogP contribution < -0.4 is 10.5 Å². The summed E-state index contributed by atoms with van der Waals surface area (Å²) in [6.07, 6.45) is -4.37. The number of nitrogens with two attached hydrogens (primary N) is 1. The number of alkyl halides is 3. The fourth-order valence-corrected chi connectivity index (χ4v) is 1.32. The van der Waals surface area contributed by atoms with E-state index in [1.807, 2.05) is 0 Å². The molecule has 1 rings (SSSR count). The Bertz CT molecular complexity index is 407. The monoisotopic (exact) mass is 281 g/mol. The smallest absolute Gasteiger partial charge is 0.411 e. The summed E-state index contributed by atoms with van der Waals surface area (Å²) in [4.78, 5) is 0. The molecule has 0 saturated carbocycles. The van der Waals surface area contributed by atoms with Crippen molar-refractivity contribution >= 4 is 0 Å². The van der Waals surface area contributed by atoms with E-state index in [1.54, 1.807) is 13.0 Å². The third-order valence-corrected chi connectivity index (χ3v) is 2.23. The van der Waals surface area contributed by atoms with Crippen LogP contribution in [0.5, 0.6) is 5.75 Å². The Morgan fingerprint density at radius 2 is 1.95 bits per heavy atom. The largest absolute Gasteiger partial charge is 0.488 e. The lowest BCUT2D eigenvalue weighted by Crippen LogP contribution is -2.19. The average Bonchev–Trinajstić information content (AvgIpc) is 2.28. The predicted molar refractivity (Wildman–Crippen MR) is 61.4 cm³/mol. The van der Waals surface area contributed by atoms with Crippen molar-refractivity contribution in [2.45, 2.75) is 19.1 Å². The van der Waals surface area contributed by atoms with Gasteiger partial charge < -0.3 is 15.2 Å². The summed E-state index contributed by atoms with van der Waals surface area (Å²) in [6.45, 7) is -0.0682. The Morgan fingerprint density at radius 3 is 2.47 bits per heavy atom. The molecule has 0 aliphatic heterocycles. The van der Waals surface area contributed by atoms with Crippen LogP contribution in [-0.4, -0.2) is 26.0 Å². The molecule has 3 nitrogen and oxygen atoms in total. The van der Waals surface area contributed by atoms with Gasteiger partial charge in [-0.15, -0.1) is 0 Å². The van der Waals surface area contributed by atoms with Gasteiger partial charge in [0, 0.05) is 6.04 Å². The Balaban J connectivity index is 2.38. The standard InChI is InChI=1S/C12H15F4NO2/c1-8(17)9-2-3-11(10(13)6-9)19-5-4-18-7-12(14,15)16/h2-3,6,8H,4-5,7,17H2,1H3/t8-/m1/s1. The van der Waals surface area contributed by atoms with Crippen molar-refractivity contribution in [3.05, 3.63) is 29.6 Å². The van der Waals surface area contributed by atoms with Gasteiger partial charge in [0.2, 0.25) is 0 Å². The van der Waals surface area contributed by atoms with Crippen molar-refractivity contribution in [1.29, 1.82) is 0 Å². The third-order valence-electron chi connectivity index (χ3n) is 2.23. The van der Waals surface area contributed by atoms with E-state index in [0.717, 1.165) is 0 Å². The lowest BCUT2D eigenvalue weighted by molar-refractivity contribution is -0.175. The molecule has 0 aliphatic carbocycles. The Kier molecular flexibility index (Phi) is 5.56. The number of benzene rings is 1. The SMILES string of the molecule is C[C@@H](N)c1ccc(OCCOCC(F)(F)F)c(F)c1. The number of ether oxygens (including phenoxy) is 2. The van der Waals surface area contributed by atoms with Crippen LogP contribution >= 0.6 is 0 Å². The van der Waals surface area contributed by atoms with Gasteiger partial charge in [0.15, 0.2) is 11.6 Å². The van der Waals surface area contributed by atoms with Gasteiger partial charge in [0.1, 0.15) is 13.2 Å². The van der Waals surface area contributed by atoms with Gasteiger partial charge >= 0.3 is 6.18 Å². The molecule has 1 atom stereocenters. The molecule has 0 heterocycles. The summed E-state index contributed by atoms with van der Waals surface area (Å²) in [5.74, 6) is -0.648. The lowest BCUT2D eigenvalue weighted by atomic mass is 10.1. The van der Waals surface area contributed by atoms with Crippen LogP contribution in [0.25, 0.3) is 0 Å². The molecule has 108 valence electrons. The van der Waals surface area contributed by atoms with Crippen LogP contribution in [-0.2, 0) is 4.74 Å². The molecule has 0 spiro atoms. The molecular weight excluding hydrogens is 266 g/mol. The van der Waals surface area contributed by atoms with Gasteiger partial charge in [-0.1, -0.05) is 6.07 Å². The number of halogens is 4. The zero-order valence-electron chi connectivity index (χ0n) is 10.3. The molecule has 0 aromatic heterocycles. The van der Waals surface area contributed by atoms with E-state index in [9.17, 15) is 17.6 Å². The molecular formula is C12H15F4NO2. The molecule has 1 aromatic carbocycles. The maximum Gasteiger partial charge on any atom is 0.411 e. The van der Waals surface area contributed by atoms with Crippen molar-refractivity contribution < 1.29 is 27.0 Å². The summed E-state index contributed by atoms with van der Waals surface area (Å²) >= 11 is 0. The Hall–Kier alpha value is -1.34. The van der Waals surface area contributed by atoms with Crippen LogP contribution in [0.1, 0.15) is 18.5 Å². The molecule has 0 fully saturated rings. The summed E-state index contributed by atoms with van der Waals surface area (Å²) in [7, 11) is 0. The average molecular weight is 281 g/mol. The van der Waals surface area contributed by atoms with Crippen molar-refractivity contribution in [2.24, 2.45) is 5.73 Å². The van der Waals surface area contributed by atoms with Crippen molar-refractivity contribution in [3.63, 3.8) is 0 Å². The van der Waals surface area contributed by atoms with Crippen molar-refractivity contribution in [1.82, 2.24) is 0 Å². The van der Waals surface area contributed by atoms with E-state index in [2.05, 4.69) is 4.74 Å². The van der Waals surface area contributed by atoms with Gasteiger partial charge in [-0.25, -0.2) is 4.39 Å². The lowest BCUT2D eigenvalue weighted by Gasteiger charge is -2.11. The fourth-order valence-electron chi connectivity index (χ4n) is 1.32. The van der Waals surface area contributed by atoms with E-state index >= 15 is 0 Å². The second kappa shape index (κ2) is 6.72. The van der Waals surface area contributed by atoms with Gasteiger partial charge in [-0.2, -0.15) is 13.2 Å². The molecule has 1 aromatic rings. The molecule has 0 unspecified atom stereocenters. The molecule has 0 aliphatic rings. The number of rotatable bonds is 6. The van der Waals surface area contributed by atoms with E-state index in [0.29, 0.717) is 5.56 Å². The minimum Gasteiger partial charge on any atom is -0.488 e. The number of hydrogen-bond donors (Lipinski definition) is 1. The Labute approximate surface area is 108 Å². The molecule has 0 radical (unpaired) electrons. The van der Waals surface area contributed by atoms with Crippen molar-refractivity contribution in [3.8, 4) is 5.75 Å². The first-order valence-electron chi connectivity index (χ1n) is 5.62. The molecule has 2 N–H and O–H groups in total. The van der Waals surface area contributed by atoms with Crippen LogP contribution in [0, 0.1) is 5.82 Å². The van der Waals surface area contributed by atoms with Crippen molar-refractivity contribution in [2.75, 3.05) is 19.8 Å². The van der Waals surface area contributed by atoms with Crippen LogP contribution in [0.4, 0.5) is 17.6 Å². The maximum atomic E-state index is 13.5. The minimum atomic E-state index is -4.37. The Morgan fingerprint density at radius 1 is 1.26 bits per heavy atom. The highest BCUT2D eigenvalue weighted by atomic mass is 19.4. The highest BCUT2D eigenvalue weighted by molar-refractivity contribution is 5.30. The second-order valence-corrected chi connectivity index (χ2v) is 3.99. The first kappa shape index (κ1) is 15.7. The summed E-state index contributed by atoms with van der Waals surface area (Å²) in [5, 5.41) is 0. The van der Waals surface area contributed by atoms with E-state index < -0.39 is 18.6 Å². The molecule has 0 amide bonds. The topological polar surface area (TPSA) is 44.5 Å². The van der Waals surface area contributed by atoms with E-state index in [4.69, 9.17) is 10.5 Å². The van der Waals surface area contributed by atoms with E-state index in [-0.39, 0.29) is 25.0 Å². The summed E-state index contributed by atoms with van der Waals surface area (Å²) < 4.78 is 58.1. The summed E-state index contributed by atoms with van der Waals surface area (Å²) in [6, 6.07) is 3.91. The quantitative estimate of drug-likeness (QED) is 0.644. The van der Waals surface area contributed by atoms with E-state index in [1.165, 1.54) is 12.1 Å². The maximum absolute atomic E-state index is 13.5. The third kappa shape index (κ3) is 5.89. The van der Waals surface area contributed by atoms with Gasteiger partial charge in [0.25, 0.3) is 0 Å². The molecule has 19 heavy (non-hydrogen) atoms. The van der Waals surface area contributed by atoms with Gasteiger partial charge in [-0.05, 0) is 24.6 Å². The normalized spacial score (nSPS) is 13.4. The zero-order chi connectivity index (χ0) is 14.5. The summed E-state index contributed by atoms with van der Waals surface area (Å²) in [5.41, 5.74) is 6.19.